The second-order valence-electron chi connectivity index (χ2n) is 5.78. The summed E-state index contributed by atoms with van der Waals surface area (Å²) >= 11 is 0. The predicted octanol–water partition coefficient (Wildman–Crippen LogP) is 0.172. The molecule has 1 atom stereocenters. The number of benzene rings is 1. The molecule has 130 valence electrons. The summed E-state index contributed by atoms with van der Waals surface area (Å²) in [6.07, 6.45) is 0.864. The van der Waals surface area contributed by atoms with Crippen molar-refractivity contribution in [2.24, 2.45) is 5.73 Å². The summed E-state index contributed by atoms with van der Waals surface area (Å²) < 4.78 is 5.28. The van der Waals surface area contributed by atoms with Gasteiger partial charge in [-0.15, -0.1) is 0 Å². The molecule has 0 aliphatic carbocycles. The van der Waals surface area contributed by atoms with Crippen LogP contribution < -0.4 is 10.5 Å². The number of hydrogen-bond donors (Lipinski definition) is 1. The molecule has 0 saturated carbocycles. The van der Waals surface area contributed by atoms with E-state index in [9.17, 15) is 14.4 Å². The minimum absolute atomic E-state index is 0.0599. The van der Waals surface area contributed by atoms with Gasteiger partial charge in [0, 0.05) is 26.4 Å². The molecule has 0 bridgehead atoms. The van der Waals surface area contributed by atoms with Gasteiger partial charge in [-0.3, -0.25) is 14.4 Å². The number of piperazine rings is 1. The molecule has 7 heteroatoms. The third kappa shape index (κ3) is 4.04. The van der Waals surface area contributed by atoms with Crippen LogP contribution in [0.1, 0.15) is 18.9 Å². The van der Waals surface area contributed by atoms with Gasteiger partial charge in [0.25, 0.3) is 0 Å². The minimum Gasteiger partial charge on any atom is -0.496 e. The molecule has 0 aromatic heterocycles. The highest BCUT2D eigenvalue weighted by Gasteiger charge is 2.34. The number of carbonyl (C=O) groups excluding carboxylic acids is 3. The zero-order valence-electron chi connectivity index (χ0n) is 14.0. The van der Waals surface area contributed by atoms with Crippen molar-refractivity contribution in [3.63, 3.8) is 0 Å². The molecule has 1 saturated heterocycles. The fourth-order valence-corrected chi connectivity index (χ4v) is 2.94. The number of nitrogens with two attached hydrogens (primary N) is 1. The van der Waals surface area contributed by atoms with Crippen LogP contribution in [0.15, 0.2) is 24.3 Å². The summed E-state index contributed by atoms with van der Waals surface area (Å²) in [6, 6.07) is 6.80. The summed E-state index contributed by atoms with van der Waals surface area (Å²) in [5.41, 5.74) is 6.33. The fraction of sp³-hybridized carbons (Fsp3) is 0.471. The van der Waals surface area contributed by atoms with E-state index in [4.69, 9.17) is 10.5 Å². The number of nitrogens with zero attached hydrogens (tertiary/aromatic N) is 2. The lowest BCUT2D eigenvalue weighted by atomic mass is 10.1. The molecule has 7 nitrogen and oxygen atoms in total. The highest BCUT2D eigenvalue weighted by molar-refractivity contribution is 5.87. The van der Waals surface area contributed by atoms with Crippen LogP contribution >= 0.6 is 0 Å². The van der Waals surface area contributed by atoms with Crippen molar-refractivity contribution in [2.45, 2.75) is 25.8 Å². The van der Waals surface area contributed by atoms with E-state index in [0.29, 0.717) is 25.9 Å². The van der Waals surface area contributed by atoms with E-state index in [2.05, 4.69) is 0 Å². The van der Waals surface area contributed by atoms with Crippen molar-refractivity contribution in [1.82, 2.24) is 9.80 Å². The van der Waals surface area contributed by atoms with Crippen LogP contribution in [0.4, 0.5) is 0 Å². The maximum absolute atomic E-state index is 12.4. The number of para-hydroxylation sites is 1. The molecule has 3 amide bonds. The number of primary amides is 1. The third-order valence-corrected chi connectivity index (χ3v) is 4.27. The number of hydrogen-bond acceptors (Lipinski definition) is 4. The summed E-state index contributed by atoms with van der Waals surface area (Å²) in [5.74, 6) is -0.107. The molecule has 1 aliphatic rings. The molecule has 2 rings (SSSR count). The van der Waals surface area contributed by atoms with E-state index in [1.54, 1.807) is 12.0 Å². The third-order valence-electron chi connectivity index (χ3n) is 4.27. The number of rotatable bonds is 5. The van der Waals surface area contributed by atoms with E-state index in [0.717, 1.165) is 11.3 Å². The lowest BCUT2D eigenvalue weighted by Crippen LogP contribution is -2.60. The topological polar surface area (TPSA) is 92.9 Å². The standard InChI is InChI=1S/C17H23N3O4/c1-12(21)20-10-9-19(11-14(20)17(18)23)16(22)8-7-13-5-3-4-6-15(13)24-2/h3-6,14H,7-11H2,1-2H3,(H2,18,23). The number of amides is 3. The van der Waals surface area contributed by atoms with Gasteiger partial charge in [0.2, 0.25) is 17.7 Å². The number of ether oxygens (including phenoxy) is 1. The van der Waals surface area contributed by atoms with Crippen molar-refractivity contribution in [1.29, 1.82) is 0 Å². The Bertz CT molecular complexity index is 632. The number of aryl methyl sites for hydroxylation is 1. The first-order valence-electron chi connectivity index (χ1n) is 7.90. The van der Waals surface area contributed by atoms with Crippen molar-refractivity contribution >= 4 is 17.7 Å². The molecule has 1 unspecified atom stereocenters. The zero-order chi connectivity index (χ0) is 17.7. The van der Waals surface area contributed by atoms with E-state index < -0.39 is 11.9 Å². The Morgan fingerprint density at radius 1 is 1.25 bits per heavy atom. The van der Waals surface area contributed by atoms with Crippen LogP contribution in [-0.2, 0) is 20.8 Å². The van der Waals surface area contributed by atoms with Crippen LogP contribution in [0.3, 0.4) is 0 Å². The number of methoxy groups -OCH3 is 1. The van der Waals surface area contributed by atoms with Gasteiger partial charge in [-0.05, 0) is 18.1 Å². The Balaban J connectivity index is 1.98. The summed E-state index contributed by atoms with van der Waals surface area (Å²) in [5, 5.41) is 0. The molecule has 0 radical (unpaired) electrons. The van der Waals surface area contributed by atoms with Crippen LogP contribution in [0.5, 0.6) is 5.75 Å². The smallest absolute Gasteiger partial charge is 0.242 e. The molecule has 0 spiro atoms. The van der Waals surface area contributed by atoms with E-state index in [-0.39, 0.29) is 18.4 Å². The van der Waals surface area contributed by atoms with Crippen LogP contribution in [0.25, 0.3) is 0 Å². The van der Waals surface area contributed by atoms with E-state index >= 15 is 0 Å². The van der Waals surface area contributed by atoms with Crippen molar-refractivity contribution in [3.8, 4) is 5.75 Å². The van der Waals surface area contributed by atoms with Crippen LogP contribution in [0, 0.1) is 0 Å². The maximum Gasteiger partial charge on any atom is 0.242 e. The zero-order valence-corrected chi connectivity index (χ0v) is 14.0. The Morgan fingerprint density at radius 2 is 1.96 bits per heavy atom. The SMILES string of the molecule is COc1ccccc1CCC(=O)N1CCN(C(C)=O)C(C(N)=O)C1. The van der Waals surface area contributed by atoms with Gasteiger partial charge in [-0.25, -0.2) is 0 Å². The predicted molar refractivity (Wildman–Crippen MR) is 88.3 cm³/mol. The summed E-state index contributed by atoms with van der Waals surface area (Å²) in [7, 11) is 1.60. The molecule has 1 aliphatic heterocycles. The maximum atomic E-state index is 12.4. The van der Waals surface area contributed by atoms with Gasteiger partial charge >= 0.3 is 0 Å². The van der Waals surface area contributed by atoms with Crippen molar-refractivity contribution in [3.05, 3.63) is 29.8 Å². The van der Waals surface area contributed by atoms with Crippen LogP contribution in [0.2, 0.25) is 0 Å². The first kappa shape index (κ1) is 17.8. The van der Waals surface area contributed by atoms with Crippen LogP contribution in [-0.4, -0.2) is 60.3 Å². The van der Waals surface area contributed by atoms with Crippen molar-refractivity contribution in [2.75, 3.05) is 26.7 Å². The molecule has 1 heterocycles. The van der Waals surface area contributed by atoms with Gasteiger partial charge in [0.15, 0.2) is 0 Å². The Morgan fingerprint density at radius 3 is 2.58 bits per heavy atom. The Labute approximate surface area is 141 Å². The highest BCUT2D eigenvalue weighted by atomic mass is 16.5. The summed E-state index contributed by atoms with van der Waals surface area (Å²) in [6.45, 7) is 2.28. The van der Waals surface area contributed by atoms with Gasteiger partial charge in [0.05, 0.1) is 13.7 Å². The average molecular weight is 333 g/mol. The first-order valence-corrected chi connectivity index (χ1v) is 7.90. The van der Waals surface area contributed by atoms with Gasteiger partial charge < -0.3 is 20.3 Å². The molecule has 1 aromatic rings. The van der Waals surface area contributed by atoms with E-state index in [1.807, 2.05) is 24.3 Å². The lowest BCUT2D eigenvalue weighted by molar-refractivity contribution is -0.146. The number of carbonyl (C=O) groups is 3. The summed E-state index contributed by atoms with van der Waals surface area (Å²) in [4.78, 5) is 38.6. The Hall–Kier alpha value is -2.57. The Kier molecular flexibility index (Phi) is 5.78. The van der Waals surface area contributed by atoms with Gasteiger partial charge in [-0.2, -0.15) is 0 Å². The monoisotopic (exact) mass is 333 g/mol. The average Bonchev–Trinajstić information content (AvgIpc) is 2.59. The largest absolute Gasteiger partial charge is 0.496 e. The van der Waals surface area contributed by atoms with Gasteiger partial charge in [0.1, 0.15) is 11.8 Å². The first-order chi connectivity index (χ1) is 11.4. The minimum atomic E-state index is -0.758. The lowest BCUT2D eigenvalue weighted by Gasteiger charge is -2.39. The molecule has 1 fully saturated rings. The van der Waals surface area contributed by atoms with E-state index in [1.165, 1.54) is 11.8 Å². The molecular weight excluding hydrogens is 310 g/mol. The fourth-order valence-electron chi connectivity index (χ4n) is 2.94. The highest BCUT2D eigenvalue weighted by Crippen LogP contribution is 2.20. The second-order valence-corrected chi connectivity index (χ2v) is 5.78. The van der Waals surface area contributed by atoms with Gasteiger partial charge in [-0.1, -0.05) is 18.2 Å². The van der Waals surface area contributed by atoms with Crippen molar-refractivity contribution < 1.29 is 19.1 Å². The molecule has 2 N–H and O–H groups in total. The molecular formula is C17H23N3O4. The normalized spacial score (nSPS) is 17.5. The quantitative estimate of drug-likeness (QED) is 0.831. The molecule has 24 heavy (non-hydrogen) atoms. The molecule has 1 aromatic carbocycles. The second kappa shape index (κ2) is 7.81.